The lowest BCUT2D eigenvalue weighted by Gasteiger charge is -2.13. The maximum absolute atomic E-state index is 11.0. The van der Waals surface area contributed by atoms with E-state index in [4.69, 9.17) is 0 Å². The maximum atomic E-state index is 11.0. The molecule has 3 heteroatoms. The van der Waals surface area contributed by atoms with Crippen molar-refractivity contribution >= 4 is 30.3 Å². The molecule has 1 aromatic rings. The summed E-state index contributed by atoms with van der Waals surface area (Å²) in [6, 6.07) is 0. The van der Waals surface area contributed by atoms with Crippen LogP contribution in [0.4, 0.5) is 0 Å². The molecule has 3 nitrogen and oxygen atoms in total. The summed E-state index contributed by atoms with van der Waals surface area (Å²) in [7, 11) is 0. The Hall–Kier alpha value is -2.42. The van der Waals surface area contributed by atoms with E-state index in [1.54, 1.807) is 12.2 Å². The summed E-state index contributed by atoms with van der Waals surface area (Å²) in [6.07, 6.45) is 5.97. The van der Waals surface area contributed by atoms with Crippen molar-refractivity contribution in [2.75, 3.05) is 0 Å². The van der Waals surface area contributed by atoms with Crippen molar-refractivity contribution in [1.29, 1.82) is 0 Å². The van der Waals surface area contributed by atoms with Gasteiger partial charge in [0.05, 0.1) is 11.1 Å². The summed E-state index contributed by atoms with van der Waals surface area (Å²) >= 11 is 0. The van der Waals surface area contributed by atoms with Gasteiger partial charge in [-0.2, -0.15) is 0 Å². The second kappa shape index (κ2) is 3.87. The highest BCUT2D eigenvalue weighted by atomic mass is 16.3. The van der Waals surface area contributed by atoms with Crippen LogP contribution in [-0.2, 0) is 0 Å². The molecule has 0 bridgehead atoms. The highest BCUT2D eigenvalue weighted by Gasteiger charge is 2.23. The van der Waals surface area contributed by atoms with Crippen LogP contribution in [0.5, 0.6) is 5.75 Å². The average Bonchev–Trinajstić information content (AvgIpc) is 2.70. The molecule has 0 spiro atoms. The van der Waals surface area contributed by atoms with E-state index < -0.39 is 0 Å². The molecule has 0 amide bonds. The third kappa shape index (κ3) is 1.36. The highest BCUT2D eigenvalue weighted by molar-refractivity contribution is 6.05. The summed E-state index contributed by atoms with van der Waals surface area (Å²) in [6.45, 7) is 7.46. The van der Waals surface area contributed by atoms with Crippen molar-refractivity contribution in [1.82, 2.24) is 0 Å². The Bertz CT molecular complexity index is 592. The molecule has 1 N–H and O–H groups in total. The third-order valence-electron chi connectivity index (χ3n) is 2.84. The highest BCUT2D eigenvalue weighted by Crippen LogP contribution is 2.40. The largest absolute Gasteiger partial charge is 0.506 e. The van der Waals surface area contributed by atoms with Crippen LogP contribution in [-0.4, -0.2) is 17.7 Å². The van der Waals surface area contributed by atoms with E-state index in [2.05, 4.69) is 13.2 Å². The number of phenolic OH excluding ortho intramolecular Hbond substituents is 1. The smallest absolute Gasteiger partial charge is 0.154 e. The molecule has 0 atom stereocenters. The van der Waals surface area contributed by atoms with Gasteiger partial charge in [-0.25, -0.2) is 0 Å². The molecule has 0 heterocycles. The molecule has 0 aromatic heterocycles. The number of carbonyl (C=O) groups excluding carboxylic acids is 2. The zero-order valence-corrected chi connectivity index (χ0v) is 9.06. The Kier molecular flexibility index (Phi) is 2.52. The monoisotopic (exact) mass is 226 g/mol. The van der Waals surface area contributed by atoms with Crippen molar-refractivity contribution in [3.05, 3.63) is 47.1 Å². The molecule has 0 aliphatic heterocycles. The first kappa shape index (κ1) is 11.1. The Morgan fingerprint density at radius 1 is 1.06 bits per heavy atom. The first-order valence-corrected chi connectivity index (χ1v) is 4.98. The summed E-state index contributed by atoms with van der Waals surface area (Å²) in [5.41, 5.74) is 2.66. The molecule has 0 fully saturated rings. The van der Waals surface area contributed by atoms with Crippen LogP contribution in [0.2, 0.25) is 0 Å². The number of benzene rings is 1. The van der Waals surface area contributed by atoms with Gasteiger partial charge in [0.25, 0.3) is 0 Å². The van der Waals surface area contributed by atoms with E-state index in [1.165, 1.54) is 6.08 Å². The molecule has 0 saturated carbocycles. The second-order valence-electron chi connectivity index (χ2n) is 3.68. The van der Waals surface area contributed by atoms with Crippen molar-refractivity contribution in [2.24, 2.45) is 0 Å². The average molecular weight is 226 g/mol. The van der Waals surface area contributed by atoms with Gasteiger partial charge in [0, 0.05) is 0 Å². The maximum Gasteiger partial charge on any atom is 0.154 e. The molecule has 17 heavy (non-hydrogen) atoms. The summed E-state index contributed by atoms with van der Waals surface area (Å²) in [5, 5.41) is 9.88. The molecule has 0 unspecified atom stereocenters. The van der Waals surface area contributed by atoms with Gasteiger partial charge in [0.2, 0.25) is 0 Å². The number of phenols is 1. The van der Waals surface area contributed by atoms with Crippen LogP contribution in [0.15, 0.2) is 19.2 Å². The molecule has 0 saturated heterocycles. The molecule has 2 rings (SSSR count). The fraction of sp³-hybridized carbons (Fsp3) is 0. The number of aromatic hydroxyl groups is 1. The first-order valence-electron chi connectivity index (χ1n) is 4.98. The number of carbonyl (C=O) groups is 2. The Labute approximate surface area is 98.4 Å². The van der Waals surface area contributed by atoms with E-state index in [0.29, 0.717) is 34.8 Å². The molecular weight excluding hydrogens is 216 g/mol. The third-order valence-corrected chi connectivity index (χ3v) is 2.84. The summed E-state index contributed by atoms with van der Waals surface area (Å²) < 4.78 is 0. The van der Waals surface area contributed by atoms with Crippen LogP contribution >= 0.6 is 0 Å². The number of rotatable bonds is 3. The molecule has 1 aromatic carbocycles. The van der Waals surface area contributed by atoms with Crippen LogP contribution in [0, 0.1) is 0 Å². The molecule has 1 aliphatic rings. The van der Waals surface area contributed by atoms with E-state index in [0.717, 1.165) is 0 Å². The van der Waals surface area contributed by atoms with Crippen molar-refractivity contribution in [3.63, 3.8) is 0 Å². The van der Waals surface area contributed by atoms with Crippen LogP contribution < -0.4 is 0 Å². The minimum absolute atomic E-state index is 0.0747. The first-order chi connectivity index (χ1) is 8.15. The zero-order valence-electron chi connectivity index (χ0n) is 9.06. The fourth-order valence-corrected chi connectivity index (χ4v) is 2.05. The van der Waals surface area contributed by atoms with Crippen molar-refractivity contribution in [3.8, 4) is 5.75 Å². The van der Waals surface area contributed by atoms with Crippen molar-refractivity contribution in [2.45, 2.75) is 0 Å². The number of allylic oxidation sites excluding steroid dienone is 2. The number of fused-ring (bicyclic) bond motifs is 1. The Balaban J connectivity index is 2.99. The van der Waals surface area contributed by atoms with Gasteiger partial charge in [0.15, 0.2) is 12.6 Å². The zero-order chi connectivity index (χ0) is 12.6. The summed E-state index contributed by atoms with van der Waals surface area (Å²) in [5.74, 6) is -0.303. The van der Waals surface area contributed by atoms with Crippen LogP contribution in [0.25, 0.3) is 17.7 Å². The predicted molar refractivity (Wildman–Crippen MR) is 67.0 cm³/mol. The minimum atomic E-state index is -0.303. The lowest BCUT2D eigenvalue weighted by molar-refractivity contribution is 0.112. The van der Waals surface area contributed by atoms with Gasteiger partial charge in [-0.05, 0) is 22.3 Å². The number of aldehydes is 2. The van der Waals surface area contributed by atoms with Gasteiger partial charge >= 0.3 is 0 Å². The lowest BCUT2D eigenvalue weighted by atomic mass is 9.91. The van der Waals surface area contributed by atoms with Crippen molar-refractivity contribution < 1.29 is 14.7 Å². The Morgan fingerprint density at radius 2 is 1.71 bits per heavy atom. The van der Waals surface area contributed by atoms with Gasteiger partial charge in [-0.15, -0.1) is 0 Å². The SMILES string of the molecule is C=Cc1c(C=O)c(O)c(C=O)c2c1C(=C)C=C2. The van der Waals surface area contributed by atoms with E-state index >= 15 is 0 Å². The molecule has 0 radical (unpaired) electrons. The lowest BCUT2D eigenvalue weighted by Crippen LogP contribution is -2.00. The van der Waals surface area contributed by atoms with E-state index in [9.17, 15) is 14.7 Å². The standard InChI is InChI=1S/C14H10O3/c1-3-9-11(6-15)14(17)12(7-16)10-5-4-8(2)13(9)10/h3-7,17H,1-2H2. The van der Waals surface area contributed by atoms with Gasteiger partial charge in [0.1, 0.15) is 5.75 Å². The number of hydrogen-bond donors (Lipinski definition) is 1. The normalized spacial score (nSPS) is 12.4. The minimum Gasteiger partial charge on any atom is -0.506 e. The molecule has 84 valence electrons. The quantitative estimate of drug-likeness (QED) is 0.806. The van der Waals surface area contributed by atoms with Crippen LogP contribution in [0.1, 0.15) is 37.4 Å². The van der Waals surface area contributed by atoms with Gasteiger partial charge < -0.3 is 5.11 Å². The topological polar surface area (TPSA) is 54.4 Å². The Morgan fingerprint density at radius 3 is 2.24 bits per heavy atom. The molecular formula is C14H10O3. The molecule has 1 aliphatic carbocycles. The van der Waals surface area contributed by atoms with Crippen LogP contribution in [0.3, 0.4) is 0 Å². The predicted octanol–water partition coefficient (Wildman–Crippen LogP) is 2.70. The second-order valence-corrected chi connectivity index (χ2v) is 3.68. The van der Waals surface area contributed by atoms with E-state index in [1.807, 2.05) is 0 Å². The van der Waals surface area contributed by atoms with Gasteiger partial charge in [-0.1, -0.05) is 31.4 Å². The number of hydrogen-bond acceptors (Lipinski definition) is 3. The summed E-state index contributed by atoms with van der Waals surface area (Å²) in [4.78, 5) is 22.0. The fourth-order valence-electron chi connectivity index (χ4n) is 2.05. The van der Waals surface area contributed by atoms with E-state index in [-0.39, 0.29) is 16.9 Å². The van der Waals surface area contributed by atoms with Gasteiger partial charge in [-0.3, -0.25) is 9.59 Å².